The van der Waals surface area contributed by atoms with Crippen molar-refractivity contribution in [2.45, 2.75) is 6.61 Å². The molecule has 6 nitrogen and oxygen atoms in total. The normalized spacial score (nSPS) is 13.5. The molecule has 2 aromatic carbocycles. The van der Waals surface area contributed by atoms with Crippen molar-refractivity contribution < 1.29 is 24.5 Å². The minimum absolute atomic E-state index is 0.0851. The number of carbonyl (C=O) groups is 2. The molecule has 0 fully saturated rings. The largest absolute Gasteiger partial charge is 0.488 e. The summed E-state index contributed by atoms with van der Waals surface area (Å²) >= 11 is 0. The Hall–Kier alpha value is -2.48. The lowest BCUT2D eigenvalue weighted by Gasteiger charge is -2.13. The van der Waals surface area contributed by atoms with Gasteiger partial charge in [0.1, 0.15) is 6.61 Å². The first kappa shape index (κ1) is 14.5. The number of fused-ring (bicyclic) bond motifs is 1. The van der Waals surface area contributed by atoms with Gasteiger partial charge in [0.25, 0.3) is 11.8 Å². The van der Waals surface area contributed by atoms with Crippen molar-refractivity contribution >= 4 is 24.4 Å². The van der Waals surface area contributed by atoms with E-state index >= 15 is 0 Å². The highest BCUT2D eigenvalue weighted by molar-refractivity contribution is 6.58. The summed E-state index contributed by atoms with van der Waals surface area (Å²) in [6.45, 7) is 0.0851. The highest BCUT2D eigenvalue weighted by Crippen LogP contribution is 2.22. The summed E-state index contributed by atoms with van der Waals surface area (Å²) < 4.78 is 0. The molecule has 0 saturated carbocycles. The zero-order chi connectivity index (χ0) is 15.7. The second-order valence-corrected chi connectivity index (χ2v) is 4.84. The van der Waals surface area contributed by atoms with E-state index in [2.05, 4.69) is 0 Å². The molecule has 2 amide bonds. The molecule has 2 N–H and O–H groups in total. The Morgan fingerprint density at radius 2 is 1.64 bits per heavy atom. The molecule has 1 aliphatic heterocycles. The number of carbonyl (C=O) groups excluding carboxylic acids is 2. The van der Waals surface area contributed by atoms with Gasteiger partial charge in [-0.3, -0.25) is 14.4 Å². The van der Waals surface area contributed by atoms with Gasteiger partial charge in [-0.2, -0.15) is 0 Å². The van der Waals surface area contributed by atoms with Crippen molar-refractivity contribution in [3.05, 3.63) is 65.2 Å². The molecule has 0 radical (unpaired) electrons. The molecule has 22 heavy (non-hydrogen) atoms. The maximum atomic E-state index is 12.2. The van der Waals surface area contributed by atoms with Gasteiger partial charge >= 0.3 is 7.12 Å². The molecule has 1 aliphatic rings. The Balaban J connectivity index is 1.81. The van der Waals surface area contributed by atoms with E-state index in [1.807, 2.05) is 30.3 Å². The number of rotatable bonds is 4. The van der Waals surface area contributed by atoms with Gasteiger partial charge in [-0.05, 0) is 23.2 Å². The van der Waals surface area contributed by atoms with Crippen LogP contribution in [0.2, 0.25) is 0 Å². The summed E-state index contributed by atoms with van der Waals surface area (Å²) in [7, 11) is -1.70. The van der Waals surface area contributed by atoms with Gasteiger partial charge in [0.15, 0.2) is 0 Å². The van der Waals surface area contributed by atoms with Gasteiger partial charge in [0.2, 0.25) is 0 Å². The van der Waals surface area contributed by atoms with E-state index in [1.54, 1.807) is 0 Å². The standard InChI is InChI=1S/C15H12BNO5/c18-14-12-7-6-11(16(20)21)8-13(12)15(19)17(14)22-9-10-4-2-1-3-5-10/h1-8,20-21H,9H2. The SMILES string of the molecule is O=C1c2ccc(B(O)O)cc2C(=O)N1OCc1ccccc1. The van der Waals surface area contributed by atoms with Crippen LogP contribution in [-0.2, 0) is 11.4 Å². The first-order chi connectivity index (χ1) is 10.6. The van der Waals surface area contributed by atoms with E-state index < -0.39 is 18.9 Å². The Morgan fingerprint density at radius 3 is 2.32 bits per heavy atom. The quantitative estimate of drug-likeness (QED) is 0.617. The zero-order valence-electron chi connectivity index (χ0n) is 11.5. The van der Waals surface area contributed by atoms with Crippen LogP contribution in [-0.4, -0.2) is 34.0 Å². The van der Waals surface area contributed by atoms with Crippen LogP contribution in [0.5, 0.6) is 0 Å². The number of hydrogen-bond donors (Lipinski definition) is 2. The number of imide groups is 1. The lowest BCUT2D eigenvalue weighted by atomic mass is 9.79. The summed E-state index contributed by atoms with van der Waals surface area (Å²) in [5.74, 6) is -1.17. The molecule has 2 aromatic rings. The number of nitrogens with zero attached hydrogens (tertiary/aromatic N) is 1. The molecule has 3 rings (SSSR count). The van der Waals surface area contributed by atoms with Gasteiger partial charge in [-0.15, -0.1) is 5.06 Å². The van der Waals surface area contributed by atoms with Gasteiger partial charge in [0.05, 0.1) is 11.1 Å². The van der Waals surface area contributed by atoms with E-state index in [1.165, 1.54) is 18.2 Å². The molecule has 110 valence electrons. The third-order valence-corrected chi connectivity index (χ3v) is 3.37. The van der Waals surface area contributed by atoms with Gasteiger partial charge in [0, 0.05) is 0 Å². The summed E-state index contributed by atoms with van der Waals surface area (Å²) in [6, 6.07) is 13.2. The van der Waals surface area contributed by atoms with Crippen LogP contribution >= 0.6 is 0 Å². The van der Waals surface area contributed by atoms with Crippen LogP contribution in [0.15, 0.2) is 48.5 Å². The fourth-order valence-corrected chi connectivity index (χ4v) is 2.23. The topological polar surface area (TPSA) is 87.1 Å². The summed E-state index contributed by atoms with van der Waals surface area (Å²) in [6.07, 6.45) is 0. The fraction of sp³-hybridized carbons (Fsp3) is 0.0667. The average Bonchev–Trinajstić information content (AvgIpc) is 2.77. The fourth-order valence-electron chi connectivity index (χ4n) is 2.23. The molecule has 7 heteroatoms. The summed E-state index contributed by atoms with van der Waals surface area (Å²) in [5.41, 5.74) is 1.25. The zero-order valence-corrected chi connectivity index (χ0v) is 11.5. The maximum absolute atomic E-state index is 12.2. The van der Waals surface area contributed by atoms with Gasteiger partial charge in [-0.25, -0.2) is 0 Å². The number of hydroxylamine groups is 2. The lowest BCUT2D eigenvalue weighted by Crippen LogP contribution is -2.31. The Kier molecular flexibility index (Phi) is 3.76. The highest BCUT2D eigenvalue weighted by atomic mass is 16.7. The monoisotopic (exact) mass is 297 g/mol. The molecule has 0 aromatic heterocycles. The summed E-state index contributed by atoms with van der Waals surface area (Å²) in [5, 5.41) is 19.0. The van der Waals surface area contributed by atoms with Crippen LogP contribution in [0.1, 0.15) is 26.3 Å². The maximum Gasteiger partial charge on any atom is 0.488 e. The number of hydrogen-bond acceptors (Lipinski definition) is 5. The highest BCUT2D eigenvalue weighted by Gasteiger charge is 2.37. The van der Waals surface area contributed by atoms with Gasteiger partial charge < -0.3 is 10.0 Å². The van der Waals surface area contributed by atoms with E-state index in [0.29, 0.717) is 5.06 Å². The lowest BCUT2D eigenvalue weighted by molar-refractivity contribution is -0.101. The second-order valence-electron chi connectivity index (χ2n) is 4.84. The van der Waals surface area contributed by atoms with Crippen molar-refractivity contribution in [2.24, 2.45) is 0 Å². The van der Waals surface area contributed by atoms with E-state index in [9.17, 15) is 9.59 Å². The first-order valence-electron chi connectivity index (χ1n) is 6.63. The van der Waals surface area contributed by atoms with Crippen molar-refractivity contribution in [1.29, 1.82) is 0 Å². The first-order valence-corrected chi connectivity index (χ1v) is 6.63. The minimum Gasteiger partial charge on any atom is -0.423 e. The molecular formula is C15H12BNO5. The molecule has 0 spiro atoms. The molecule has 1 heterocycles. The van der Waals surface area contributed by atoms with Crippen LogP contribution in [0.3, 0.4) is 0 Å². The average molecular weight is 297 g/mol. The van der Waals surface area contributed by atoms with Crippen molar-refractivity contribution in [3.8, 4) is 0 Å². The number of amides is 2. The molecule has 0 atom stereocenters. The van der Waals surface area contributed by atoms with Crippen LogP contribution in [0, 0.1) is 0 Å². The van der Waals surface area contributed by atoms with Crippen LogP contribution in [0.25, 0.3) is 0 Å². The van der Waals surface area contributed by atoms with Gasteiger partial charge in [-0.1, -0.05) is 36.4 Å². The third kappa shape index (κ3) is 2.53. The van der Waals surface area contributed by atoms with Crippen LogP contribution in [0.4, 0.5) is 0 Å². The minimum atomic E-state index is -1.70. The van der Waals surface area contributed by atoms with Crippen LogP contribution < -0.4 is 5.46 Å². The smallest absolute Gasteiger partial charge is 0.423 e. The molecule has 0 unspecified atom stereocenters. The Bertz CT molecular complexity index is 732. The second kappa shape index (κ2) is 5.72. The van der Waals surface area contributed by atoms with Crippen molar-refractivity contribution in [3.63, 3.8) is 0 Å². The summed E-state index contributed by atoms with van der Waals surface area (Å²) in [4.78, 5) is 29.7. The molecular weight excluding hydrogens is 285 g/mol. The predicted molar refractivity (Wildman–Crippen MR) is 78.0 cm³/mol. The van der Waals surface area contributed by atoms with E-state index in [4.69, 9.17) is 14.9 Å². The Labute approximate surface area is 126 Å². The molecule has 0 saturated heterocycles. The predicted octanol–water partition coefficient (Wildman–Crippen LogP) is 0.0942. The molecule has 0 aliphatic carbocycles. The van der Waals surface area contributed by atoms with Crippen molar-refractivity contribution in [1.82, 2.24) is 5.06 Å². The Morgan fingerprint density at radius 1 is 0.955 bits per heavy atom. The number of benzene rings is 2. The van der Waals surface area contributed by atoms with E-state index in [0.717, 1.165) is 5.56 Å². The van der Waals surface area contributed by atoms with Crippen molar-refractivity contribution in [2.75, 3.05) is 0 Å². The van der Waals surface area contributed by atoms with E-state index in [-0.39, 0.29) is 23.2 Å². The molecule has 0 bridgehead atoms. The third-order valence-electron chi connectivity index (χ3n) is 3.37.